The van der Waals surface area contributed by atoms with Gasteiger partial charge in [-0.2, -0.15) is 5.10 Å². The van der Waals surface area contributed by atoms with E-state index >= 15 is 0 Å². The van der Waals surface area contributed by atoms with E-state index < -0.39 is 6.04 Å². The van der Waals surface area contributed by atoms with Crippen molar-refractivity contribution in [1.29, 1.82) is 0 Å². The second kappa shape index (κ2) is 7.46. The van der Waals surface area contributed by atoms with Crippen LogP contribution in [-0.4, -0.2) is 67.3 Å². The zero-order valence-corrected chi connectivity index (χ0v) is 19.0. The van der Waals surface area contributed by atoms with Crippen LogP contribution in [0.25, 0.3) is 22.2 Å². The van der Waals surface area contributed by atoms with E-state index in [1.165, 1.54) is 11.6 Å². The van der Waals surface area contributed by atoms with E-state index in [1.54, 1.807) is 44.5 Å². The molecule has 5 rings (SSSR count). The predicted molar refractivity (Wildman–Crippen MR) is 122 cm³/mol. The van der Waals surface area contributed by atoms with E-state index in [-0.39, 0.29) is 41.3 Å². The van der Waals surface area contributed by atoms with Crippen molar-refractivity contribution >= 4 is 36.5 Å². The fraction of sp³-hybridized carbons (Fsp3) is 0.409. The van der Waals surface area contributed by atoms with Gasteiger partial charge in [0.15, 0.2) is 5.78 Å². The molecule has 2 fully saturated rings. The Labute approximate surface area is 191 Å². The predicted octanol–water partition coefficient (Wildman–Crippen LogP) is 0.443. The zero-order chi connectivity index (χ0) is 23.5. The number of aryl methyl sites for hydroxylation is 1. The van der Waals surface area contributed by atoms with Crippen LogP contribution < -0.4 is 5.23 Å². The van der Waals surface area contributed by atoms with Crippen molar-refractivity contribution in [3.05, 3.63) is 36.2 Å². The van der Waals surface area contributed by atoms with E-state index in [4.69, 9.17) is 0 Å². The van der Waals surface area contributed by atoms with Crippen LogP contribution in [0, 0.1) is 12.3 Å². The molecule has 2 aliphatic rings. The molecule has 0 unspecified atom stereocenters. The molecule has 0 spiro atoms. The van der Waals surface area contributed by atoms with E-state index in [2.05, 4.69) is 32.2 Å². The standard InChI is InChI=1S/C22H24BN7O3/c1-11(31)20-14-4-15(13-7-24-12(2)25-8-13)26-9-17(14)29(28-20)10-19(32)30-16(21(33)27-23)5-22(3)6-18(22)30/h4,7-9,16,18H,5-6,10,23H2,1-3H3,(H,27,33)/t16-,18+,22-/m0/s1. The number of aromatic nitrogens is 5. The number of fused-ring (bicyclic) bond motifs is 2. The molecule has 1 aliphatic heterocycles. The molecule has 0 aromatic carbocycles. The van der Waals surface area contributed by atoms with Crippen molar-refractivity contribution in [1.82, 2.24) is 34.9 Å². The number of ketones is 1. The maximum absolute atomic E-state index is 13.3. The Balaban J connectivity index is 1.49. The Hall–Kier alpha value is -3.63. The van der Waals surface area contributed by atoms with Crippen LogP contribution in [0.15, 0.2) is 24.7 Å². The van der Waals surface area contributed by atoms with E-state index in [1.807, 2.05) is 0 Å². The van der Waals surface area contributed by atoms with Gasteiger partial charge >= 0.3 is 0 Å². The number of amides is 2. The largest absolute Gasteiger partial charge is 0.404 e. The Kier molecular flexibility index (Phi) is 4.80. The summed E-state index contributed by atoms with van der Waals surface area (Å²) in [7, 11) is 1.58. The first kappa shape index (κ1) is 21.2. The van der Waals surface area contributed by atoms with Gasteiger partial charge in [-0.1, -0.05) is 6.92 Å². The molecule has 168 valence electrons. The van der Waals surface area contributed by atoms with Gasteiger partial charge in [0, 0.05) is 36.3 Å². The number of Topliss-reactive ketones (excluding diaryl/α,β-unsaturated/α-hetero) is 1. The monoisotopic (exact) mass is 445 g/mol. The summed E-state index contributed by atoms with van der Waals surface area (Å²) >= 11 is 0. The lowest BCUT2D eigenvalue weighted by Crippen LogP contribution is -2.48. The SMILES string of the molecule is BNC(=O)[C@@H]1C[C@@]2(C)C[C@H]2N1C(=O)Cn1nc(C(C)=O)c2cc(-c3cnc(C)nc3)ncc21. The third kappa shape index (κ3) is 3.47. The molecule has 3 atom stereocenters. The molecule has 3 aromatic heterocycles. The molecule has 33 heavy (non-hydrogen) atoms. The first-order chi connectivity index (χ1) is 15.7. The van der Waals surface area contributed by atoms with Gasteiger partial charge in [0.25, 0.3) is 0 Å². The van der Waals surface area contributed by atoms with E-state index in [0.717, 1.165) is 12.0 Å². The molecule has 4 heterocycles. The van der Waals surface area contributed by atoms with Gasteiger partial charge in [0.1, 0.15) is 24.1 Å². The van der Waals surface area contributed by atoms with Crippen LogP contribution >= 0.6 is 0 Å². The number of likely N-dealkylation sites (tertiary alicyclic amines) is 1. The highest BCUT2D eigenvalue weighted by Crippen LogP contribution is 2.59. The minimum absolute atomic E-state index is 0.00384. The summed E-state index contributed by atoms with van der Waals surface area (Å²) in [6.45, 7) is 5.28. The van der Waals surface area contributed by atoms with Gasteiger partial charge in [0.05, 0.1) is 17.4 Å². The zero-order valence-electron chi connectivity index (χ0n) is 19.0. The normalized spacial score (nSPS) is 23.4. The molecular weight excluding hydrogens is 421 g/mol. The summed E-state index contributed by atoms with van der Waals surface area (Å²) < 4.78 is 1.51. The Morgan fingerprint density at radius 1 is 1.18 bits per heavy atom. The molecule has 1 aliphatic carbocycles. The highest BCUT2D eigenvalue weighted by atomic mass is 16.2. The molecular formula is C22H24BN7O3. The number of nitrogens with one attached hydrogen (secondary N) is 1. The molecule has 0 radical (unpaired) electrons. The Morgan fingerprint density at radius 3 is 2.58 bits per heavy atom. The average molecular weight is 445 g/mol. The molecule has 11 heteroatoms. The van der Waals surface area contributed by atoms with Crippen molar-refractivity contribution in [2.24, 2.45) is 5.41 Å². The smallest absolute Gasteiger partial charge is 0.245 e. The van der Waals surface area contributed by atoms with Gasteiger partial charge in [-0.05, 0) is 31.2 Å². The third-order valence-electron chi connectivity index (χ3n) is 6.80. The van der Waals surface area contributed by atoms with E-state index in [0.29, 0.717) is 28.8 Å². The number of hydrogen-bond acceptors (Lipinski definition) is 7. The molecule has 1 saturated carbocycles. The lowest BCUT2D eigenvalue weighted by Gasteiger charge is -2.26. The second-order valence-corrected chi connectivity index (χ2v) is 9.18. The second-order valence-electron chi connectivity index (χ2n) is 9.18. The quantitative estimate of drug-likeness (QED) is 0.447. The average Bonchev–Trinajstić information content (AvgIpc) is 3.16. The van der Waals surface area contributed by atoms with E-state index in [9.17, 15) is 14.4 Å². The molecule has 10 nitrogen and oxygen atoms in total. The summed E-state index contributed by atoms with van der Waals surface area (Å²) in [4.78, 5) is 52.7. The Bertz CT molecular complexity index is 1310. The van der Waals surface area contributed by atoms with Gasteiger partial charge in [-0.25, -0.2) is 9.97 Å². The molecule has 2 amide bonds. The lowest BCUT2D eigenvalue weighted by molar-refractivity contribution is -0.139. The van der Waals surface area contributed by atoms with Crippen LogP contribution in [0.2, 0.25) is 0 Å². The highest BCUT2D eigenvalue weighted by molar-refractivity contribution is 6.15. The van der Waals surface area contributed by atoms with Gasteiger partial charge in [-0.15, -0.1) is 0 Å². The van der Waals surface area contributed by atoms with Crippen LogP contribution in [0.1, 0.15) is 43.0 Å². The minimum Gasteiger partial charge on any atom is -0.404 e. The lowest BCUT2D eigenvalue weighted by atomic mass is 10.0. The molecule has 0 bridgehead atoms. The summed E-state index contributed by atoms with van der Waals surface area (Å²) in [6, 6.07) is 1.36. The molecule has 3 aromatic rings. The highest BCUT2D eigenvalue weighted by Gasteiger charge is 2.64. The maximum atomic E-state index is 13.3. The number of rotatable bonds is 5. The fourth-order valence-electron chi connectivity index (χ4n) is 4.87. The minimum atomic E-state index is -0.480. The number of piperidine rings is 1. The summed E-state index contributed by atoms with van der Waals surface area (Å²) in [5.74, 6) is 0.102. The fourth-order valence-corrected chi connectivity index (χ4v) is 4.87. The third-order valence-corrected chi connectivity index (χ3v) is 6.80. The Morgan fingerprint density at radius 2 is 1.91 bits per heavy atom. The number of carbonyl (C=O) groups is 3. The topological polar surface area (TPSA) is 123 Å². The molecule has 1 saturated heterocycles. The first-order valence-corrected chi connectivity index (χ1v) is 10.9. The van der Waals surface area contributed by atoms with Crippen molar-refractivity contribution in [2.75, 3.05) is 0 Å². The summed E-state index contributed by atoms with van der Waals surface area (Å²) in [6.07, 6.45) is 6.52. The van der Waals surface area contributed by atoms with Crippen LogP contribution in [-0.2, 0) is 16.1 Å². The van der Waals surface area contributed by atoms with Crippen molar-refractivity contribution in [2.45, 2.75) is 52.2 Å². The van der Waals surface area contributed by atoms with Crippen LogP contribution in [0.3, 0.4) is 0 Å². The van der Waals surface area contributed by atoms with Crippen molar-refractivity contribution in [3.63, 3.8) is 0 Å². The molecule has 1 N–H and O–H groups in total. The number of pyridine rings is 1. The first-order valence-electron chi connectivity index (χ1n) is 10.9. The summed E-state index contributed by atoms with van der Waals surface area (Å²) in [5, 5.41) is 7.72. The van der Waals surface area contributed by atoms with Crippen LogP contribution in [0.5, 0.6) is 0 Å². The van der Waals surface area contributed by atoms with Crippen LogP contribution in [0.4, 0.5) is 0 Å². The van der Waals surface area contributed by atoms with Crippen molar-refractivity contribution < 1.29 is 14.4 Å². The van der Waals surface area contributed by atoms with Crippen molar-refractivity contribution in [3.8, 4) is 11.3 Å². The number of nitrogens with zero attached hydrogens (tertiary/aromatic N) is 6. The van der Waals surface area contributed by atoms with Gasteiger partial charge in [-0.3, -0.25) is 24.0 Å². The van der Waals surface area contributed by atoms with Gasteiger partial charge < -0.3 is 10.1 Å². The number of hydrogen-bond donors (Lipinski definition) is 1. The maximum Gasteiger partial charge on any atom is 0.245 e. The number of carbonyl (C=O) groups excluding carboxylic acids is 3. The van der Waals surface area contributed by atoms with Gasteiger partial charge in [0.2, 0.25) is 19.8 Å². The summed E-state index contributed by atoms with van der Waals surface area (Å²) in [5.41, 5.74) is 2.19.